The molecule has 0 spiro atoms. The van der Waals surface area contributed by atoms with Crippen LogP contribution >= 0.6 is 11.6 Å². The van der Waals surface area contributed by atoms with Gasteiger partial charge < -0.3 is 23.7 Å². The van der Waals surface area contributed by atoms with Crippen molar-refractivity contribution in [2.24, 2.45) is 11.3 Å². The summed E-state index contributed by atoms with van der Waals surface area (Å²) in [6.45, 7) is 10.8. The van der Waals surface area contributed by atoms with Gasteiger partial charge >= 0.3 is 0 Å². The molecule has 7 nitrogen and oxygen atoms in total. The maximum Gasteiger partial charge on any atom is 0.242 e. The number of ether oxygens (including phenoxy) is 2. The van der Waals surface area contributed by atoms with Crippen molar-refractivity contribution in [1.29, 1.82) is 0 Å². The molecule has 3 rings (SSSR count). The molecular weight excluding hydrogens is 444 g/mol. The number of alkyl halides is 1. The Kier molecular flexibility index (Phi) is 7.95. The van der Waals surface area contributed by atoms with Gasteiger partial charge in [-0.2, -0.15) is 0 Å². The average Bonchev–Trinajstić information content (AvgIpc) is 3.40. The quantitative estimate of drug-likeness (QED) is 0.469. The first kappa shape index (κ1) is 25.0. The van der Waals surface area contributed by atoms with E-state index in [0.29, 0.717) is 36.9 Å². The van der Waals surface area contributed by atoms with Crippen LogP contribution in [-0.2, 0) is 22.7 Å². The zero-order chi connectivity index (χ0) is 24.2. The van der Waals surface area contributed by atoms with E-state index in [4.69, 9.17) is 25.5 Å². The van der Waals surface area contributed by atoms with Gasteiger partial charge in [-0.3, -0.25) is 9.59 Å². The standard InChI is InChI=1S/C25H33ClN2O5/c1-17(2)11-28(24(30)25(4,5)15-26)14-23(29)27(13-20-8-6-18(3)33-20)12-19-7-9-21-22(10-19)32-16-31-21/h6-10,17H,11-16H2,1-5H3. The number of furan rings is 1. The van der Waals surface area contributed by atoms with Gasteiger partial charge in [0.1, 0.15) is 11.5 Å². The smallest absolute Gasteiger partial charge is 0.242 e. The first-order chi connectivity index (χ1) is 15.6. The van der Waals surface area contributed by atoms with Crippen LogP contribution < -0.4 is 9.47 Å². The summed E-state index contributed by atoms with van der Waals surface area (Å²) in [4.78, 5) is 30.0. The number of amides is 2. The number of carbonyl (C=O) groups excluding carboxylic acids is 2. The largest absolute Gasteiger partial charge is 0.464 e. The number of aryl methyl sites for hydroxylation is 1. The molecule has 2 heterocycles. The molecule has 33 heavy (non-hydrogen) atoms. The Morgan fingerprint density at radius 3 is 2.42 bits per heavy atom. The van der Waals surface area contributed by atoms with Crippen molar-refractivity contribution >= 4 is 23.4 Å². The number of fused-ring (bicyclic) bond motifs is 1. The third-order valence-electron chi connectivity index (χ3n) is 5.42. The minimum absolute atomic E-state index is 0.0262. The Balaban J connectivity index is 1.82. The summed E-state index contributed by atoms with van der Waals surface area (Å²) in [6, 6.07) is 9.37. The highest BCUT2D eigenvalue weighted by atomic mass is 35.5. The summed E-state index contributed by atoms with van der Waals surface area (Å²) < 4.78 is 16.6. The third-order valence-corrected chi connectivity index (χ3v) is 6.09. The summed E-state index contributed by atoms with van der Waals surface area (Å²) in [7, 11) is 0. The molecule has 0 N–H and O–H groups in total. The number of benzene rings is 1. The van der Waals surface area contributed by atoms with Gasteiger partial charge in [0.15, 0.2) is 11.5 Å². The number of nitrogens with zero attached hydrogens (tertiary/aromatic N) is 2. The van der Waals surface area contributed by atoms with Crippen molar-refractivity contribution < 1.29 is 23.5 Å². The summed E-state index contributed by atoms with van der Waals surface area (Å²) in [6.07, 6.45) is 0. The predicted octanol–water partition coefficient (Wildman–Crippen LogP) is 4.60. The van der Waals surface area contributed by atoms with Crippen LogP contribution in [0.2, 0.25) is 0 Å². The summed E-state index contributed by atoms with van der Waals surface area (Å²) in [5.41, 5.74) is 0.149. The van der Waals surface area contributed by atoms with E-state index in [9.17, 15) is 9.59 Å². The van der Waals surface area contributed by atoms with Gasteiger partial charge in [0.05, 0.1) is 18.5 Å². The van der Waals surface area contributed by atoms with Crippen LogP contribution in [0.5, 0.6) is 11.5 Å². The van der Waals surface area contributed by atoms with Crippen molar-refractivity contribution in [3.05, 3.63) is 47.4 Å². The predicted molar refractivity (Wildman–Crippen MR) is 126 cm³/mol. The zero-order valence-electron chi connectivity index (χ0n) is 20.0. The van der Waals surface area contributed by atoms with Crippen LogP contribution in [-0.4, -0.2) is 47.4 Å². The van der Waals surface area contributed by atoms with E-state index < -0.39 is 5.41 Å². The number of carbonyl (C=O) groups is 2. The maximum atomic E-state index is 13.5. The lowest BCUT2D eigenvalue weighted by Gasteiger charge is -2.33. The fraction of sp³-hybridized carbons (Fsp3) is 0.520. The van der Waals surface area contributed by atoms with Gasteiger partial charge in [-0.25, -0.2) is 0 Å². The fourth-order valence-corrected chi connectivity index (χ4v) is 3.77. The average molecular weight is 477 g/mol. The van der Waals surface area contributed by atoms with Gasteiger partial charge in [-0.1, -0.05) is 19.9 Å². The van der Waals surface area contributed by atoms with Crippen molar-refractivity contribution in [2.75, 3.05) is 25.8 Å². The van der Waals surface area contributed by atoms with Gasteiger partial charge in [0.2, 0.25) is 18.6 Å². The highest BCUT2D eigenvalue weighted by Gasteiger charge is 2.33. The lowest BCUT2D eigenvalue weighted by Crippen LogP contribution is -2.48. The third kappa shape index (κ3) is 6.44. The second-order valence-corrected chi connectivity index (χ2v) is 9.81. The summed E-state index contributed by atoms with van der Waals surface area (Å²) >= 11 is 6.05. The van der Waals surface area contributed by atoms with Crippen LogP contribution in [0.15, 0.2) is 34.7 Å². The topological polar surface area (TPSA) is 72.2 Å². The van der Waals surface area contributed by atoms with Crippen molar-refractivity contribution in [2.45, 2.75) is 47.7 Å². The van der Waals surface area contributed by atoms with Crippen LogP contribution in [0.1, 0.15) is 44.8 Å². The molecule has 0 saturated heterocycles. The lowest BCUT2D eigenvalue weighted by molar-refractivity contribution is -0.146. The monoisotopic (exact) mass is 476 g/mol. The van der Waals surface area contributed by atoms with Gasteiger partial charge in [-0.15, -0.1) is 11.6 Å². The van der Waals surface area contributed by atoms with Crippen molar-refractivity contribution in [3.63, 3.8) is 0 Å². The number of hydrogen-bond acceptors (Lipinski definition) is 5. The van der Waals surface area contributed by atoms with Gasteiger partial charge in [0.25, 0.3) is 0 Å². The molecule has 1 aliphatic heterocycles. The van der Waals surface area contributed by atoms with E-state index in [0.717, 1.165) is 11.3 Å². The first-order valence-corrected chi connectivity index (χ1v) is 11.7. The Morgan fingerprint density at radius 1 is 1.06 bits per heavy atom. The molecule has 0 atom stereocenters. The minimum atomic E-state index is -0.753. The van der Waals surface area contributed by atoms with Crippen molar-refractivity contribution in [1.82, 2.24) is 9.80 Å². The Bertz CT molecular complexity index is 985. The minimum Gasteiger partial charge on any atom is -0.464 e. The molecule has 0 saturated carbocycles. The van der Waals surface area contributed by atoms with Crippen LogP contribution in [0, 0.1) is 18.3 Å². The van der Waals surface area contributed by atoms with Crippen LogP contribution in [0.3, 0.4) is 0 Å². The summed E-state index contributed by atoms with van der Waals surface area (Å²) in [5, 5.41) is 0. The molecule has 2 amide bonds. The molecule has 180 valence electrons. The second-order valence-electron chi connectivity index (χ2n) is 9.55. The molecule has 0 fully saturated rings. The highest BCUT2D eigenvalue weighted by Crippen LogP contribution is 2.33. The molecule has 0 aliphatic carbocycles. The molecule has 0 bridgehead atoms. The normalized spacial score (nSPS) is 12.8. The maximum absolute atomic E-state index is 13.5. The Labute approximate surface area is 200 Å². The molecular formula is C25H33ClN2O5. The van der Waals surface area contributed by atoms with Gasteiger partial charge in [0, 0.05) is 19.0 Å². The van der Waals surface area contributed by atoms with Crippen LogP contribution in [0.4, 0.5) is 0 Å². The first-order valence-electron chi connectivity index (χ1n) is 11.2. The zero-order valence-corrected chi connectivity index (χ0v) is 20.8. The highest BCUT2D eigenvalue weighted by molar-refractivity contribution is 6.19. The number of rotatable bonds is 10. The number of halogens is 1. The summed E-state index contributed by atoms with van der Waals surface area (Å²) in [5.74, 6) is 2.91. The second kappa shape index (κ2) is 10.5. The molecule has 0 radical (unpaired) electrons. The number of hydrogen-bond donors (Lipinski definition) is 0. The lowest BCUT2D eigenvalue weighted by atomic mass is 9.93. The van der Waals surface area contributed by atoms with E-state index in [1.54, 1.807) is 23.6 Å². The molecule has 8 heteroatoms. The molecule has 1 aliphatic rings. The van der Waals surface area contributed by atoms with E-state index in [1.807, 2.05) is 51.1 Å². The SMILES string of the molecule is Cc1ccc(CN(Cc2ccc3c(c2)OCO3)C(=O)CN(CC(C)C)C(=O)C(C)(C)CCl)o1. The van der Waals surface area contributed by atoms with E-state index in [1.165, 1.54) is 0 Å². The van der Waals surface area contributed by atoms with Crippen LogP contribution in [0.25, 0.3) is 0 Å². The fourth-order valence-electron chi connectivity index (χ4n) is 3.66. The van der Waals surface area contributed by atoms with E-state index in [2.05, 4.69) is 0 Å². The Hall–Kier alpha value is -2.67. The van der Waals surface area contributed by atoms with E-state index >= 15 is 0 Å². The molecule has 0 unspecified atom stereocenters. The molecule has 1 aromatic heterocycles. The van der Waals surface area contributed by atoms with E-state index in [-0.39, 0.29) is 36.9 Å². The van der Waals surface area contributed by atoms with Gasteiger partial charge in [-0.05, 0) is 56.5 Å². The Morgan fingerprint density at radius 2 is 1.79 bits per heavy atom. The molecule has 2 aromatic rings. The van der Waals surface area contributed by atoms with Crippen molar-refractivity contribution in [3.8, 4) is 11.5 Å². The molecule has 1 aromatic carbocycles.